The highest BCUT2D eigenvalue weighted by Gasteiger charge is 2.16. The van der Waals surface area contributed by atoms with Crippen LogP contribution < -0.4 is 5.32 Å². The third-order valence-corrected chi connectivity index (χ3v) is 4.72. The van der Waals surface area contributed by atoms with Crippen LogP contribution in [-0.2, 0) is 21.0 Å². The van der Waals surface area contributed by atoms with E-state index in [0.717, 1.165) is 0 Å². The van der Waals surface area contributed by atoms with Crippen molar-refractivity contribution in [1.29, 1.82) is 0 Å². The summed E-state index contributed by atoms with van der Waals surface area (Å²) in [7, 11) is 2.69. The van der Waals surface area contributed by atoms with E-state index in [2.05, 4.69) is 50.4 Å². The zero-order valence-electron chi connectivity index (χ0n) is 13.2. The SMILES string of the molecule is CNC(CS(=O)CCOC)c1ccc(C(C)(C)C)cc1. The van der Waals surface area contributed by atoms with Crippen LogP contribution in [0.4, 0.5) is 0 Å². The minimum Gasteiger partial charge on any atom is -0.384 e. The molecule has 1 aromatic carbocycles. The molecule has 0 spiro atoms. The van der Waals surface area contributed by atoms with Gasteiger partial charge in [0.15, 0.2) is 0 Å². The van der Waals surface area contributed by atoms with Crippen molar-refractivity contribution < 1.29 is 8.95 Å². The molecular formula is C16H27NO2S. The van der Waals surface area contributed by atoms with Crippen LogP contribution >= 0.6 is 0 Å². The van der Waals surface area contributed by atoms with Crippen molar-refractivity contribution >= 4 is 10.8 Å². The lowest BCUT2D eigenvalue weighted by molar-refractivity contribution is 0.218. The van der Waals surface area contributed by atoms with Crippen molar-refractivity contribution in [3.05, 3.63) is 35.4 Å². The van der Waals surface area contributed by atoms with Crippen molar-refractivity contribution in [3.8, 4) is 0 Å². The van der Waals surface area contributed by atoms with E-state index in [1.807, 2.05) is 7.05 Å². The van der Waals surface area contributed by atoms with E-state index < -0.39 is 10.8 Å². The van der Waals surface area contributed by atoms with Crippen LogP contribution in [-0.4, -0.2) is 36.5 Å². The standard InChI is InChI=1S/C16H27NO2S/c1-16(2,3)14-8-6-13(7-9-14)15(17-4)12-20(18)11-10-19-5/h6-9,15,17H,10-12H2,1-5H3. The first kappa shape index (κ1) is 17.3. The minimum absolute atomic E-state index is 0.127. The Hall–Kier alpha value is -0.710. The molecule has 0 saturated heterocycles. The molecule has 114 valence electrons. The predicted molar refractivity (Wildman–Crippen MR) is 86.7 cm³/mol. The van der Waals surface area contributed by atoms with Gasteiger partial charge in [0.25, 0.3) is 0 Å². The van der Waals surface area contributed by atoms with Crippen LogP contribution in [0.15, 0.2) is 24.3 Å². The van der Waals surface area contributed by atoms with Crippen molar-refractivity contribution in [2.45, 2.75) is 32.2 Å². The van der Waals surface area contributed by atoms with Crippen molar-refractivity contribution in [1.82, 2.24) is 5.32 Å². The third kappa shape index (κ3) is 5.35. The molecule has 0 heterocycles. The molecular weight excluding hydrogens is 270 g/mol. The van der Waals surface area contributed by atoms with E-state index >= 15 is 0 Å². The lowest BCUT2D eigenvalue weighted by Crippen LogP contribution is -2.24. The summed E-state index contributed by atoms with van der Waals surface area (Å²) in [4.78, 5) is 0. The molecule has 0 aliphatic rings. The second-order valence-corrected chi connectivity index (χ2v) is 7.64. The Kier molecular flexibility index (Phi) is 6.86. The molecule has 0 aliphatic carbocycles. The van der Waals surface area contributed by atoms with Gasteiger partial charge in [-0.25, -0.2) is 0 Å². The molecule has 0 aromatic heterocycles. The van der Waals surface area contributed by atoms with Crippen LogP contribution in [0.25, 0.3) is 0 Å². The molecule has 0 fully saturated rings. The summed E-state index contributed by atoms with van der Waals surface area (Å²) < 4.78 is 16.9. The second kappa shape index (κ2) is 7.91. The van der Waals surface area contributed by atoms with E-state index in [1.165, 1.54) is 11.1 Å². The molecule has 0 amide bonds. The molecule has 1 aromatic rings. The van der Waals surface area contributed by atoms with Gasteiger partial charge in [0.1, 0.15) is 0 Å². The largest absolute Gasteiger partial charge is 0.384 e. The van der Waals surface area contributed by atoms with Gasteiger partial charge in [-0.15, -0.1) is 0 Å². The lowest BCUT2D eigenvalue weighted by Gasteiger charge is -2.21. The first-order valence-electron chi connectivity index (χ1n) is 7.00. The highest BCUT2D eigenvalue weighted by Crippen LogP contribution is 2.24. The molecule has 0 saturated carbocycles. The third-order valence-electron chi connectivity index (χ3n) is 3.40. The van der Waals surface area contributed by atoms with Crippen molar-refractivity contribution in [2.75, 3.05) is 32.3 Å². The van der Waals surface area contributed by atoms with Crippen LogP contribution in [0.1, 0.15) is 37.9 Å². The predicted octanol–water partition coefficient (Wildman–Crippen LogP) is 2.64. The first-order chi connectivity index (χ1) is 9.38. The molecule has 20 heavy (non-hydrogen) atoms. The van der Waals surface area contributed by atoms with Crippen molar-refractivity contribution in [3.63, 3.8) is 0 Å². The fourth-order valence-corrected chi connectivity index (χ4v) is 3.26. The Labute approximate surface area is 125 Å². The maximum absolute atomic E-state index is 12.0. The summed E-state index contributed by atoms with van der Waals surface area (Å²) in [5, 5.41) is 3.25. The lowest BCUT2D eigenvalue weighted by atomic mass is 9.86. The topological polar surface area (TPSA) is 38.3 Å². The van der Waals surface area contributed by atoms with Gasteiger partial charge < -0.3 is 10.1 Å². The highest BCUT2D eigenvalue weighted by molar-refractivity contribution is 7.85. The molecule has 1 N–H and O–H groups in total. The maximum atomic E-state index is 12.0. The molecule has 2 unspecified atom stereocenters. The van der Waals surface area contributed by atoms with Crippen molar-refractivity contribution in [2.24, 2.45) is 0 Å². The van der Waals surface area contributed by atoms with Gasteiger partial charge in [-0.2, -0.15) is 0 Å². The number of nitrogens with one attached hydrogen (secondary N) is 1. The average molecular weight is 297 g/mol. The van der Waals surface area contributed by atoms with Gasteiger partial charge in [-0.1, -0.05) is 45.0 Å². The van der Waals surface area contributed by atoms with E-state index in [-0.39, 0.29) is 11.5 Å². The molecule has 4 heteroatoms. The summed E-state index contributed by atoms with van der Waals surface area (Å²) >= 11 is 0. The Balaban J connectivity index is 2.73. The summed E-state index contributed by atoms with van der Waals surface area (Å²) in [6.45, 7) is 7.16. The molecule has 0 radical (unpaired) electrons. The second-order valence-electron chi connectivity index (χ2n) is 6.02. The molecule has 2 atom stereocenters. The Bertz CT molecular complexity index is 423. The number of methoxy groups -OCH3 is 1. The fraction of sp³-hybridized carbons (Fsp3) is 0.625. The zero-order chi connectivity index (χ0) is 15.2. The number of rotatable bonds is 7. The van der Waals surface area contributed by atoms with E-state index in [4.69, 9.17) is 4.74 Å². The highest BCUT2D eigenvalue weighted by atomic mass is 32.2. The van der Waals surface area contributed by atoms with E-state index in [1.54, 1.807) is 7.11 Å². The van der Waals surface area contributed by atoms with Crippen LogP contribution in [0.5, 0.6) is 0 Å². The summed E-state index contributed by atoms with van der Waals surface area (Å²) in [6, 6.07) is 8.72. The molecule has 0 aliphatic heterocycles. The first-order valence-corrected chi connectivity index (χ1v) is 8.49. The average Bonchev–Trinajstić information content (AvgIpc) is 2.41. The number of hydrogen-bond acceptors (Lipinski definition) is 3. The number of ether oxygens (including phenoxy) is 1. The molecule has 1 rings (SSSR count). The summed E-state index contributed by atoms with van der Waals surface area (Å²) in [5.41, 5.74) is 2.66. The molecule has 3 nitrogen and oxygen atoms in total. The maximum Gasteiger partial charge on any atom is 0.0577 e. The van der Waals surface area contributed by atoms with E-state index in [0.29, 0.717) is 18.1 Å². The monoisotopic (exact) mass is 297 g/mol. The minimum atomic E-state index is -0.860. The quantitative estimate of drug-likeness (QED) is 0.841. The van der Waals surface area contributed by atoms with E-state index in [9.17, 15) is 4.21 Å². The van der Waals surface area contributed by atoms with Gasteiger partial charge in [-0.3, -0.25) is 4.21 Å². The zero-order valence-corrected chi connectivity index (χ0v) is 14.0. The van der Waals surface area contributed by atoms with Gasteiger partial charge in [0.05, 0.1) is 6.61 Å². The van der Waals surface area contributed by atoms with Gasteiger partial charge in [0.2, 0.25) is 0 Å². The Morgan fingerprint density at radius 2 is 1.85 bits per heavy atom. The molecule has 0 bridgehead atoms. The van der Waals surface area contributed by atoms with Crippen LogP contribution in [0.2, 0.25) is 0 Å². The van der Waals surface area contributed by atoms with Gasteiger partial charge in [0, 0.05) is 35.5 Å². The van der Waals surface area contributed by atoms with Crippen LogP contribution in [0.3, 0.4) is 0 Å². The van der Waals surface area contributed by atoms with Gasteiger partial charge in [-0.05, 0) is 23.6 Å². The smallest absolute Gasteiger partial charge is 0.0577 e. The van der Waals surface area contributed by atoms with Gasteiger partial charge >= 0.3 is 0 Å². The number of benzene rings is 1. The Morgan fingerprint density at radius 1 is 1.25 bits per heavy atom. The summed E-state index contributed by atoms with van der Waals surface area (Å²) in [5.74, 6) is 1.21. The number of hydrogen-bond donors (Lipinski definition) is 1. The normalized spacial score (nSPS) is 15.1. The van der Waals surface area contributed by atoms with Crippen LogP contribution in [0, 0.1) is 0 Å². The summed E-state index contributed by atoms with van der Waals surface area (Å²) in [6.07, 6.45) is 0. The Morgan fingerprint density at radius 3 is 2.30 bits per heavy atom. The fourth-order valence-electron chi connectivity index (χ4n) is 2.01.